The molecule has 1 saturated heterocycles. The first-order valence-electron chi connectivity index (χ1n) is 12.3. The van der Waals surface area contributed by atoms with Gasteiger partial charge in [0, 0.05) is 46.3 Å². The topological polar surface area (TPSA) is 97.0 Å². The molecule has 1 aliphatic carbocycles. The van der Waals surface area contributed by atoms with Gasteiger partial charge in [0.25, 0.3) is 5.91 Å². The molecule has 188 valence electrons. The third-order valence-corrected chi connectivity index (χ3v) is 7.82. The van der Waals surface area contributed by atoms with Gasteiger partial charge in [-0.05, 0) is 56.7 Å². The molecule has 0 radical (unpaired) electrons. The molecule has 1 aromatic heterocycles. The van der Waals surface area contributed by atoms with Crippen molar-refractivity contribution >= 4 is 34.4 Å². The van der Waals surface area contributed by atoms with Gasteiger partial charge in [0.15, 0.2) is 6.10 Å². The number of carbonyl (C=O) groups excluding carboxylic acids is 1. The van der Waals surface area contributed by atoms with Gasteiger partial charge in [0.1, 0.15) is 11.3 Å². The van der Waals surface area contributed by atoms with Crippen LogP contribution in [0.25, 0.3) is 22.1 Å². The Labute approximate surface area is 213 Å². The Bertz CT molecular complexity index is 1360. The molecule has 8 heteroatoms. The van der Waals surface area contributed by atoms with Crippen LogP contribution in [0.1, 0.15) is 39.0 Å². The third kappa shape index (κ3) is 4.72. The number of likely N-dealkylation sites (tertiary alicyclic amines) is 1. The lowest BCUT2D eigenvalue weighted by molar-refractivity contribution is -0.152. The van der Waals surface area contributed by atoms with Crippen LogP contribution >= 0.6 is 11.6 Å². The van der Waals surface area contributed by atoms with Gasteiger partial charge in [-0.2, -0.15) is 0 Å². The standard InChI is InChI=1S/C28H28ClNO6/c1-16(27(32)30-15-18(28(33)34)9-12-24(30)17-5-4-6-17)35-19-10-11-21-22(14-26(31)36-25(21)13-19)20-7-2-3-8-23(20)29/h2-3,7-8,10-11,13-14,16-18,24H,4-6,9,12,15H2,1H3,(H,33,34)/t16?,18-,24?/m0/s1. The first-order valence-corrected chi connectivity index (χ1v) is 12.7. The summed E-state index contributed by atoms with van der Waals surface area (Å²) in [5, 5.41) is 10.8. The number of hydrogen-bond donors (Lipinski definition) is 1. The maximum atomic E-state index is 13.4. The van der Waals surface area contributed by atoms with Gasteiger partial charge in [0.05, 0.1) is 5.92 Å². The van der Waals surface area contributed by atoms with E-state index in [1.54, 1.807) is 36.1 Å². The van der Waals surface area contributed by atoms with Crippen LogP contribution in [0.5, 0.6) is 5.75 Å². The van der Waals surface area contributed by atoms with Crippen LogP contribution in [0.15, 0.2) is 57.7 Å². The number of fused-ring (bicyclic) bond motifs is 1. The van der Waals surface area contributed by atoms with Gasteiger partial charge in [-0.25, -0.2) is 4.79 Å². The fourth-order valence-electron chi connectivity index (χ4n) is 5.37. The highest BCUT2D eigenvalue weighted by Gasteiger charge is 2.41. The minimum absolute atomic E-state index is 0.0562. The molecule has 5 rings (SSSR count). The van der Waals surface area contributed by atoms with Crippen molar-refractivity contribution in [2.24, 2.45) is 11.8 Å². The summed E-state index contributed by atoms with van der Waals surface area (Å²) in [5.74, 6) is -0.837. The van der Waals surface area contributed by atoms with Gasteiger partial charge in [-0.3, -0.25) is 9.59 Å². The summed E-state index contributed by atoms with van der Waals surface area (Å²) in [6, 6.07) is 13.8. The molecule has 1 amide bonds. The largest absolute Gasteiger partial charge is 0.481 e. The van der Waals surface area contributed by atoms with Crippen molar-refractivity contribution in [3.05, 3.63) is 64.0 Å². The minimum Gasteiger partial charge on any atom is -0.481 e. The summed E-state index contributed by atoms with van der Waals surface area (Å²) < 4.78 is 11.4. The summed E-state index contributed by atoms with van der Waals surface area (Å²) in [6.07, 6.45) is 3.75. The van der Waals surface area contributed by atoms with E-state index in [9.17, 15) is 19.5 Å². The molecule has 0 spiro atoms. The lowest BCUT2D eigenvalue weighted by Gasteiger charge is -2.46. The van der Waals surface area contributed by atoms with E-state index < -0.39 is 23.6 Å². The molecule has 3 aromatic rings. The maximum Gasteiger partial charge on any atom is 0.336 e. The lowest BCUT2D eigenvalue weighted by Crippen LogP contribution is -2.55. The van der Waals surface area contributed by atoms with Crippen molar-refractivity contribution in [2.75, 3.05) is 6.54 Å². The van der Waals surface area contributed by atoms with E-state index >= 15 is 0 Å². The predicted octanol–water partition coefficient (Wildman–Crippen LogP) is 5.37. The molecule has 2 aromatic carbocycles. The number of carboxylic acid groups (broad SMARTS) is 1. The summed E-state index contributed by atoms with van der Waals surface area (Å²) in [5.41, 5.74) is 1.18. The molecular weight excluding hydrogens is 482 g/mol. The average molecular weight is 510 g/mol. The van der Waals surface area contributed by atoms with Gasteiger partial charge < -0.3 is 19.2 Å². The number of aliphatic carboxylic acids is 1. The number of amides is 1. The highest BCUT2D eigenvalue weighted by atomic mass is 35.5. The summed E-state index contributed by atoms with van der Waals surface area (Å²) in [6.45, 7) is 1.88. The van der Waals surface area contributed by atoms with E-state index in [1.807, 2.05) is 18.2 Å². The first kappa shape index (κ1) is 24.4. The van der Waals surface area contributed by atoms with E-state index in [-0.39, 0.29) is 18.5 Å². The SMILES string of the molecule is CC(Oc1ccc2c(-c3ccccc3Cl)cc(=O)oc2c1)C(=O)N1C[C@@H](C(=O)O)CCC1C1CCC1. The van der Waals surface area contributed by atoms with E-state index in [4.69, 9.17) is 20.8 Å². The Balaban J connectivity index is 1.40. The van der Waals surface area contributed by atoms with Crippen LogP contribution in [0.3, 0.4) is 0 Å². The van der Waals surface area contributed by atoms with Crippen LogP contribution in [0, 0.1) is 11.8 Å². The Morgan fingerprint density at radius 2 is 1.86 bits per heavy atom. The van der Waals surface area contributed by atoms with Crippen molar-refractivity contribution in [3.8, 4) is 16.9 Å². The Kier molecular flexibility index (Phi) is 6.75. The molecule has 1 N–H and O–H groups in total. The van der Waals surface area contributed by atoms with Gasteiger partial charge in [0.2, 0.25) is 0 Å². The number of nitrogens with zero attached hydrogens (tertiary/aromatic N) is 1. The number of carboxylic acids is 1. The maximum absolute atomic E-state index is 13.4. The van der Waals surface area contributed by atoms with Crippen LogP contribution in [0.4, 0.5) is 0 Å². The summed E-state index contributed by atoms with van der Waals surface area (Å²) in [4.78, 5) is 39.1. The van der Waals surface area contributed by atoms with Crippen molar-refractivity contribution in [1.82, 2.24) is 4.90 Å². The first-order chi connectivity index (χ1) is 17.3. The highest BCUT2D eigenvalue weighted by Crippen LogP contribution is 2.38. The molecule has 2 fully saturated rings. The fourth-order valence-corrected chi connectivity index (χ4v) is 5.61. The smallest absolute Gasteiger partial charge is 0.336 e. The van der Waals surface area contributed by atoms with E-state index in [2.05, 4.69) is 0 Å². The normalized spacial score (nSPS) is 21.1. The second-order valence-corrected chi connectivity index (χ2v) is 10.1. The molecule has 3 atom stereocenters. The van der Waals surface area contributed by atoms with Crippen LogP contribution in [0.2, 0.25) is 5.02 Å². The quantitative estimate of drug-likeness (QED) is 0.448. The monoisotopic (exact) mass is 509 g/mol. The number of benzene rings is 2. The number of halogens is 1. The van der Waals surface area contributed by atoms with E-state index in [0.29, 0.717) is 46.1 Å². The molecular formula is C28H28ClNO6. The fraction of sp³-hybridized carbons (Fsp3) is 0.393. The Morgan fingerprint density at radius 1 is 1.08 bits per heavy atom. The van der Waals surface area contributed by atoms with Crippen LogP contribution < -0.4 is 10.4 Å². The van der Waals surface area contributed by atoms with Gasteiger partial charge in [-0.1, -0.05) is 36.2 Å². The predicted molar refractivity (Wildman–Crippen MR) is 136 cm³/mol. The zero-order chi connectivity index (χ0) is 25.4. The van der Waals surface area contributed by atoms with Crippen LogP contribution in [-0.4, -0.2) is 40.6 Å². The average Bonchev–Trinajstić information content (AvgIpc) is 2.82. The molecule has 0 bridgehead atoms. The van der Waals surface area contributed by atoms with Crippen molar-refractivity contribution in [2.45, 2.75) is 51.2 Å². The number of ether oxygens (including phenoxy) is 1. The minimum atomic E-state index is -0.868. The second-order valence-electron chi connectivity index (χ2n) is 9.74. The van der Waals surface area contributed by atoms with Crippen molar-refractivity contribution in [1.29, 1.82) is 0 Å². The van der Waals surface area contributed by atoms with E-state index in [0.717, 1.165) is 24.8 Å². The zero-order valence-electron chi connectivity index (χ0n) is 20.0. The Morgan fingerprint density at radius 3 is 2.56 bits per heavy atom. The molecule has 2 unspecified atom stereocenters. The Hall–Kier alpha value is -3.32. The summed E-state index contributed by atoms with van der Waals surface area (Å²) in [7, 11) is 0. The summed E-state index contributed by atoms with van der Waals surface area (Å²) >= 11 is 6.36. The number of carbonyl (C=O) groups is 2. The van der Waals surface area contributed by atoms with Gasteiger partial charge >= 0.3 is 11.6 Å². The van der Waals surface area contributed by atoms with Crippen molar-refractivity contribution < 1.29 is 23.8 Å². The number of piperidine rings is 1. The molecule has 2 heterocycles. The molecule has 7 nitrogen and oxygen atoms in total. The van der Waals surface area contributed by atoms with Gasteiger partial charge in [-0.15, -0.1) is 0 Å². The lowest BCUT2D eigenvalue weighted by atomic mass is 9.74. The van der Waals surface area contributed by atoms with E-state index in [1.165, 1.54) is 6.07 Å². The second kappa shape index (κ2) is 9.97. The molecule has 1 aliphatic heterocycles. The zero-order valence-corrected chi connectivity index (χ0v) is 20.7. The number of rotatable bonds is 6. The highest BCUT2D eigenvalue weighted by molar-refractivity contribution is 6.33. The third-order valence-electron chi connectivity index (χ3n) is 7.50. The molecule has 2 aliphatic rings. The molecule has 1 saturated carbocycles. The van der Waals surface area contributed by atoms with Crippen LogP contribution in [-0.2, 0) is 9.59 Å². The molecule has 36 heavy (non-hydrogen) atoms. The number of hydrogen-bond acceptors (Lipinski definition) is 5. The van der Waals surface area contributed by atoms with Crippen molar-refractivity contribution in [3.63, 3.8) is 0 Å².